The number of hydrogen-bond donors (Lipinski definition) is 1. The van der Waals surface area contributed by atoms with E-state index in [1.54, 1.807) is 0 Å². The first-order chi connectivity index (χ1) is 10.7. The van der Waals surface area contributed by atoms with Gasteiger partial charge in [-0.25, -0.2) is 0 Å². The molecule has 2 aromatic rings. The second-order valence-corrected chi connectivity index (χ2v) is 6.61. The Balaban J connectivity index is 1.58. The van der Waals surface area contributed by atoms with Crippen molar-refractivity contribution in [2.24, 2.45) is 5.41 Å². The van der Waals surface area contributed by atoms with Crippen LogP contribution in [0, 0.1) is 12.3 Å². The van der Waals surface area contributed by atoms with Crippen LogP contribution < -0.4 is 0 Å². The van der Waals surface area contributed by atoms with Gasteiger partial charge in [-0.2, -0.15) is 0 Å². The van der Waals surface area contributed by atoms with E-state index >= 15 is 0 Å². The summed E-state index contributed by atoms with van der Waals surface area (Å²) in [6, 6.07) is 14.6. The zero-order valence-electron chi connectivity index (χ0n) is 13.3. The SMILES string of the molecule is Cc1ccc(CN2CCC(CO)(Cc3ccccc3)CC2)o1. The van der Waals surface area contributed by atoms with Gasteiger partial charge < -0.3 is 9.52 Å². The van der Waals surface area contributed by atoms with Gasteiger partial charge >= 0.3 is 0 Å². The Morgan fingerprint density at radius 1 is 1.09 bits per heavy atom. The summed E-state index contributed by atoms with van der Waals surface area (Å²) < 4.78 is 5.67. The van der Waals surface area contributed by atoms with Crippen LogP contribution in [-0.4, -0.2) is 29.7 Å². The summed E-state index contributed by atoms with van der Waals surface area (Å²) in [5.41, 5.74) is 1.36. The number of piperidine rings is 1. The Morgan fingerprint density at radius 2 is 1.82 bits per heavy atom. The van der Waals surface area contributed by atoms with Crippen LogP contribution in [0.1, 0.15) is 29.9 Å². The molecule has 0 unspecified atom stereocenters. The standard InChI is InChI=1S/C19H25NO2/c1-16-7-8-18(22-16)14-20-11-9-19(15-21,10-12-20)13-17-5-3-2-4-6-17/h2-8,21H,9-15H2,1H3. The van der Waals surface area contributed by atoms with Gasteiger partial charge in [0, 0.05) is 6.61 Å². The van der Waals surface area contributed by atoms with E-state index in [1.165, 1.54) is 5.56 Å². The third-order valence-electron chi connectivity index (χ3n) is 4.85. The number of aliphatic hydroxyl groups is 1. The molecule has 0 amide bonds. The van der Waals surface area contributed by atoms with Crippen molar-refractivity contribution in [3.63, 3.8) is 0 Å². The predicted molar refractivity (Wildman–Crippen MR) is 87.6 cm³/mol. The predicted octanol–water partition coefficient (Wildman–Crippen LogP) is 3.41. The van der Waals surface area contributed by atoms with E-state index in [0.29, 0.717) is 0 Å². The fraction of sp³-hybridized carbons (Fsp3) is 0.474. The van der Waals surface area contributed by atoms with Crippen molar-refractivity contribution in [2.45, 2.75) is 32.7 Å². The van der Waals surface area contributed by atoms with Crippen LogP contribution >= 0.6 is 0 Å². The molecule has 0 spiro atoms. The van der Waals surface area contributed by atoms with Crippen molar-refractivity contribution < 1.29 is 9.52 Å². The minimum Gasteiger partial charge on any atom is -0.465 e. The van der Waals surface area contributed by atoms with Gasteiger partial charge in [-0.1, -0.05) is 30.3 Å². The summed E-state index contributed by atoms with van der Waals surface area (Å²) in [6.07, 6.45) is 3.05. The van der Waals surface area contributed by atoms with Crippen molar-refractivity contribution in [1.29, 1.82) is 0 Å². The largest absolute Gasteiger partial charge is 0.465 e. The average molecular weight is 299 g/mol. The third kappa shape index (κ3) is 3.60. The van der Waals surface area contributed by atoms with E-state index in [2.05, 4.69) is 35.2 Å². The van der Waals surface area contributed by atoms with Crippen LogP contribution in [0.25, 0.3) is 0 Å². The molecule has 1 aliphatic heterocycles. The van der Waals surface area contributed by atoms with Crippen LogP contribution in [0.3, 0.4) is 0 Å². The second kappa shape index (κ2) is 6.67. The van der Waals surface area contributed by atoms with Gasteiger partial charge in [0.25, 0.3) is 0 Å². The van der Waals surface area contributed by atoms with Gasteiger partial charge in [0.05, 0.1) is 6.54 Å². The molecule has 0 bridgehead atoms. The van der Waals surface area contributed by atoms with Gasteiger partial charge in [0.15, 0.2) is 0 Å². The Kier molecular flexibility index (Phi) is 4.65. The molecule has 3 heteroatoms. The molecule has 0 radical (unpaired) electrons. The minimum atomic E-state index is 0.0386. The Hall–Kier alpha value is -1.58. The lowest BCUT2D eigenvalue weighted by molar-refractivity contribution is 0.0390. The molecule has 0 saturated carbocycles. The molecule has 1 aromatic heterocycles. The summed E-state index contributed by atoms with van der Waals surface area (Å²) in [6.45, 7) is 5.17. The van der Waals surface area contributed by atoms with Crippen LogP contribution in [0.15, 0.2) is 46.9 Å². The number of aryl methyl sites for hydroxylation is 1. The maximum absolute atomic E-state index is 9.95. The monoisotopic (exact) mass is 299 g/mol. The highest BCUT2D eigenvalue weighted by atomic mass is 16.3. The molecule has 0 atom stereocenters. The Labute approximate surface area is 132 Å². The quantitative estimate of drug-likeness (QED) is 0.919. The summed E-state index contributed by atoms with van der Waals surface area (Å²) in [7, 11) is 0. The van der Waals surface area contributed by atoms with Gasteiger partial charge in [-0.3, -0.25) is 4.90 Å². The van der Waals surface area contributed by atoms with Gasteiger partial charge in [-0.15, -0.1) is 0 Å². The van der Waals surface area contributed by atoms with Gasteiger partial charge in [0.2, 0.25) is 0 Å². The maximum Gasteiger partial charge on any atom is 0.118 e. The topological polar surface area (TPSA) is 36.6 Å². The van der Waals surface area contributed by atoms with E-state index in [0.717, 1.165) is 50.4 Å². The van der Waals surface area contributed by atoms with Crippen molar-refractivity contribution in [3.8, 4) is 0 Å². The zero-order valence-corrected chi connectivity index (χ0v) is 13.3. The molecule has 1 aliphatic rings. The van der Waals surface area contributed by atoms with Crippen molar-refractivity contribution >= 4 is 0 Å². The lowest BCUT2D eigenvalue weighted by atomic mass is 9.74. The summed E-state index contributed by atoms with van der Waals surface area (Å²) in [5, 5.41) is 9.95. The zero-order chi connectivity index (χ0) is 15.4. The molecular weight excluding hydrogens is 274 g/mol. The van der Waals surface area contributed by atoms with Crippen LogP contribution in [-0.2, 0) is 13.0 Å². The first-order valence-corrected chi connectivity index (χ1v) is 8.12. The van der Waals surface area contributed by atoms with E-state index < -0.39 is 0 Å². The number of likely N-dealkylation sites (tertiary alicyclic amines) is 1. The van der Waals surface area contributed by atoms with E-state index in [9.17, 15) is 5.11 Å². The van der Waals surface area contributed by atoms with E-state index in [-0.39, 0.29) is 12.0 Å². The average Bonchev–Trinajstić information content (AvgIpc) is 2.95. The second-order valence-electron chi connectivity index (χ2n) is 6.61. The smallest absolute Gasteiger partial charge is 0.118 e. The Bertz CT molecular complexity index is 582. The molecular formula is C19H25NO2. The molecule has 1 aromatic carbocycles. The number of rotatable bonds is 5. The molecule has 22 heavy (non-hydrogen) atoms. The van der Waals surface area contributed by atoms with Crippen molar-refractivity contribution in [3.05, 3.63) is 59.5 Å². The highest BCUT2D eigenvalue weighted by Crippen LogP contribution is 2.35. The lowest BCUT2D eigenvalue weighted by Crippen LogP contribution is -2.42. The molecule has 1 fully saturated rings. The van der Waals surface area contributed by atoms with Gasteiger partial charge in [-0.05, 0) is 62.4 Å². The minimum absolute atomic E-state index is 0.0386. The number of aliphatic hydroxyl groups excluding tert-OH is 1. The first-order valence-electron chi connectivity index (χ1n) is 8.12. The third-order valence-corrected chi connectivity index (χ3v) is 4.85. The van der Waals surface area contributed by atoms with E-state index in [4.69, 9.17) is 4.42 Å². The van der Waals surface area contributed by atoms with Crippen LogP contribution in [0.2, 0.25) is 0 Å². The molecule has 2 heterocycles. The molecule has 1 N–H and O–H groups in total. The lowest BCUT2D eigenvalue weighted by Gasteiger charge is -2.40. The number of benzene rings is 1. The summed E-state index contributed by atoms with van der Waals surface area (Å²) in [4.78, 5) is 2.43. The van der Waals surface area contributed by atoms with Crippen LogP contribution in [0.5, 0.6) is 0 Å². The fourth-order valence-corrected chi connectivity index (χ4v) is 3.40. The number of hydrogen-bond acceptors (Lipinski definition) is 3. The van der Waals surface area contributed by atoms with Crippen molar-refractivity contribution in [2.75, 3.05) is 19.7 Å². The molecule has 3 nitrogen and oxygen atoms in total. The molecule has 1 saturated heterocycles. The number of nitrogens with zero attached hydrogens (tertiary/aromatic N) is 1. The van der Waals surface area contributed by atoms with E-state index in [1.807, 2.05) is 19.1 Å². The highest BCUT2D eigenvalue weighted by Gasteiger charge is 2.34. The summed E-state index contributed by atoms with van der Waals surface area (Å²) in [5.74, 6) is 2.01. The van der Waals surface area contributed by atoms with Crippen LogP contribution in [0.4, 0.5) is 0 Å². The normalized spacial score (nSPS) is 18.5. The fourth-order valence-electron chi connectivity index (χ4n) is 3.40. The van der Waals surface area contributed by atoms with Gasteiger partial charge in [0.1, 0.15) is 11.5 Å². The van der Waals surface area contributed by atoms with Crippen molar-refractivity contribution in [1.82, 2.24) is 4.90 Å². The molecule has 118 valence electrons. The Morgan fingerprint density at radius 3 is 2.41 bits per heavy atom. The molecule has 3 rings (SSSR count). The number of furan rings is 1. The molecule has 0 aliphatic carbocycles. The maximum atomic E-state index is 9.95. The summed E-state index contributed by atoms with van der Waals surface area (Å²) >= 11 is 0. The highest BCUT2D eigenvalue weighted by molar-refractivity contribution is 5.17. The first kappa shape index (κ1) is 15.3.